The zero-order valence-corrected chi connectivity index (χ0v) is 54.7. The molecule has 0 N–H and O–H groups in total. The Bertz CT molecular complexity index is 4290. The van der Waals surface area contributed by atoms with E-state index >= 15 is 0 Å². The van der Waals surface area contributed by atoms with Crippen molar-refractivity contribution in [1.29, 1.82) is 0 Å². The molecule has 4 nitrogen and oxygen atoms in total. The molecule has 5 heteroatoms. The quantitative estimate of drug-likeness (QED) is 0.135. The molecular formula is C86H79BN4. The number of fused-ring (bicyclic) bond motifs is 4. The van der Waals surface area contributed by atoms with Crippen molar-refractivity contribution in [1.82, 2.24) is 9.97 Å². The van der Waals surface area contributed by atoms with Gasteiger partial charge in [0.1, 0.15) is 0 Å². The Labute approximate surface area is 540 Å². The van der Waals surface area contributed by atoms with Gasteiger partial charge in [-0.15, -0.1) is 0 Å². The number of aromatic nitrogens is 2. The molecule has 1 aromatic heterocycles. The summed E-state index contributed by atoms with van der Waals surface area (Å²) < 4.78 is 0. The van der Waals surface area contributed by atoms with Crippen molar-refractivity contribution in [2.24, 2.45) is 0 Å². The minimum Gasteiger partial charge on any atom is -0.311 e. The molecule has 0 fully saturated rings. The van der Waals surface area contributed by atoms with Crippen LogP contribution in [0.1, 0.15) is 105 Å². The van der Waals surface area contributed by atoms with Crippen LogP contribution in [0.2, 0.25) is 0 Å². The van der Waals surface area contributed by atoms with Gasteiger partial charge in [-0.2, -0.15) is 0 Å². The highest BCUT2D eigenvalue weighted by Crippen LogP contribution is 2.49. The van der Waals surface area contributed by atoms with E-state index in [1.54, 1.807) is 0 Å². The van der Waals surface area contributed by atoms with Crippen LogP contribution in [0.25, 0.3) is 78.4 Å². The van der Waals surface area contributed by atoms with E-state index in [9.17, 15) is 0 Å². The van der Waals surface area contributed by atoms with E-state index in [1.165, 1.54) is 50.0 Å². The van der Waals surface area contributed by atoms with Gasteiger partial charge in [0.05, 0.1) is 11.4 Å². The topological polar surface area (TPSA) is 32.3 Å². The second-order valence-corrected chi connectivity index (χ2v) is 29.2. The first-order valence-electron chi connectivity index (χ1n) is 32.3. The standard InChI is InChI=1S/C86H79BN4/c1-83(2,3)67-33-39-71(40-34-67)90-77-53-69(85(7,8)9)37-43-73(77)87-74-44-38-70(86(10,11)12)54-78(74)91(72-41-35-68(36-42-72)84(4,5)6)80-52-65(51-79(90)81(80)87)76-55-75(64-47-60(56-25-17-13-18-26-56)45-61(48-64)57-27-19-14-20-28-57)88-82(89-76)66-49-62(58-29-21-15-22-30-58)46-63(50-66)59-31-23-16-24-32-59/h13-55H,1-12H3. The lowest BCUT2D eigenvalue weighted by atomic mass is 9.33. The summed E-state index contributed by atoms with van der Waals surface area (Å²) >= 11 is 0. The number of hydrogen-bond acceptors (Lipinski definition) is 4. The fraction of sp³-hybridized carbons (Fsp3) is 0.186. The van der Waals surface area contributed by atoms with Crippen LogP contribution in [0, 0.1) is 0 Å². The smallest absolute Gasteiger partial charge is 0.252 e. The SMILES string of the molecule is CC(C)(C)c1ccc(N2c3cc(C(C)(C)C)ccc3B3c4ccc(C(C)(C)C)cc4N(c4ccc(C(C)(C)C)cc4)c4cc(-c5cc(-c6cc(-c7ccccc7)cc(-c7ccccc7)c6)nc(-c6cc(-c7ccccc7)cc(-c7ccccc7)c6)n5)cc2c43)cc1. The van der Waals surface area contributed by atoms with Crippen molar-refractivity contribution < 1.29 is 0 Å². The van der Waals surface area contributed by atoms with E-state index in [4.69, 9.17) is 9.97 Å². The molecule has 446 valence electrons. The summed E-state index contributed by atoms with van der Waals surface area (Å²) in [5, 5.41) is 0. The summed E-state index contributed by atoms with van der Waals surface area (Å²) in [7, 11) is 0. The Morgan fingerprint density at radius 2 is 0.549 bits per heavy atom. The molecule has 0 radical (unpaired) electrons. The molecule has 0 saturated heterocycles. The Balaban J connectivity index is 1.11. The van der Waals surface area contributed by atoms with Gasteiger partial charge in [0.2, 0.25) is 0 Å². The van der Waals surface area contributed by atoms with E-state index in [0.29, 0.717) is 5.82 Å². The molecule has 2 aliphatic rings. The van der Waals surface area contributed by atoms with Crippen LogP contribution in [0.15, 0.2) is 261 Å². The number of nitrogens with zero attached hydrogens (tertiary/aromatic N) is 4. The fourth-order valence-electron chi connectivity index (χ4n) is 13.4. The normalized spacial score (nSPS) is 13.0. The number of benzene rings is 11. The third-order valence-electron chi connectivity index (χ3n) is 18.7. The lowest BCUT2D eigenvalue weighted by Crippen LogP contribution is -2.61. The minimum absolute atomic E-state index is 0.0338. The number of anilines is 6. The van der Waals surface area contributed by atoms with Crippen LogP contribution in [0.5, 0.6) is 0 Å². The van der Waals surface area contributed by atoms with Crippen LogP contribution >= 0.6 is 0 Å². The van der Waals surface area contributed by atoms with E-state index in [1.807, 2.05) is 0 Å². The zero-order valence-electron chi connectivity index (χ0n) is 54.7. The van der Waals surface area contributed by atoms with Gasteiger partial charge < -0.3 is 9.80 Å². The molecule has 0 bridgehead atoms. The molecule has 11 aromatic carbocycles. The molecule has 0 atom stereocenters. The van der Waals surface area contributed by atoms with Crippen molar-refractivity contribution in [3.63, 3.8) is 0 Å². The molecule has 12 aromatic rings. The molecule has 91 heavy (non-hydrogen) atoms. The average Bonchev–Trinajstić information content (AvgIpc) is 0.697. The molecule has 0 unspecified atom stereocenters. The van der Waals surface area contributed by atoms with Crippen molar-refractivity contribution in [2.45, 2.75) is 105 Å². The Morgan fingerprint density at radius 1 is 0.253 bits per heavy atom. The van der Waals surface area contributed by atoms with Crippen LogP contribution in [0.4, 0.5) is 34.1 Å². The summed E-state index contributed by atoms with van der Waals surface area (Å²) in [4.78, 5) is 16.8. The van der Waals surface area contributed by atoms with Crippen molar-refractivity contribution in [3.05, 3.63) is 283 Å². The molecule has 2 aliphatic heterocycles. The highest BCUT2D eigenvalue weighted by molar-refractivity contribution is 7.00. The van der Waals surface area contributed by atoms with Gasteiger partial charge in [0.15, 0.2) is 5.82 Å². The third-order valence-corrected chi connectivity index (χ3v) is 18.7. The monoisotopic (exact) mass is 1180 g/mol. The predicted molar refractivity (Wildman–Crippen MR) is 389 cm³/mol. The summed E-state index contributed by atoms with van der Waals surface area (Å²) in [5.41, 5.74) is 29.0. The lowest BCUT2D eigenvalue weighted by Gasteiger charge is -2.45. The summed E-state index contributed by atoms with van der Waals surface area (Å²) in [6, 6.07) is 97.2. The molecule has 0 spiro atoms. The van der Waals surface area contributed by atoms with Crippen LogP contribution in [0.3, 0.4) is 0 Å². The summed E-state index contributed by atoms with van der Waals surface area (Å²) in [5.74, 6) is 0.641. The van der Waals surface area contributed by atoms with Crippen molar-refractivity contribution in [3.8, 4) is 78.4 Å². The van der Waals surface area contributed by atoms with Gasteiger partial charge in [-0.05, 0) is 196 Å². The first kappa shape index (κ1) is 58.8. The van der Waals surface area contributed by atoms with E-state index < -0.39 is 0 Å². The summed E-state index contributed by atoms with van der Waals surface area (Å²) in [6.45, 7) is 27.7. The molecular weight excluding hydrogens is 1100 g/mol. The first-order valence-corrected chi connectivity index (χ1v) is 32.3. The highest BCUT2D eigenvalue weighted by Gasteiger charge is 2.45. The highest BCUT2D eigenvalue weighted by atomic mass is 15.2. The number of rotatable bonds is 9. The lowest BCUT2D eigenvalue weighted by molar-refractivity contribution is 0.590. The second kappa shape index (κ2) is 22.6. The van der Waals surface area contributed by atoms with E-state index in [2.05, 4.69) is 354 Å². The van der Waals surface area contributed by atoms with Gasteiger partial charge in [-0.25, -0.2) is 9.97 Å². The molecule has 0 aliphatic carbocycles. The average molecular weight is 1180 g/mol. The largest absolute Gasteiger partial charge is 0.311 e. The first-order chi connectivity index (χ1) is 43.6. The Morgan fingerprint density at radius 3 is 0.879 bits per heavy atom. The Hall–Kier alpha value is -9.84. The zero-order chi connectivity index (χ0) is 63.1. The second-order valence-electron chi connectivity index (χ2n) is 29.2. The maximum atomic E-state index is 5.90. The van der Waals surface area contributed by atoms with Gasteiger partial charge in [-0.3, -0.25) is 0 Å². The fourth-order valence-corrected chi connectivity index (χ4v) is 13.4. The van der Waals surface area contributed by atoms with Gasteiger partial charge in [-0.1, -0.05) is 253 Å². The van der Waals surface area contributed by atoms with Crippen LogP contribution in [-0.4, -0.2) is 16.7 Å². The Kier molecular flexibility index (Phi) is 14.6. The minimum atomic E-state index is -0.115. The number of hydrogen-bond donors (Lipinski definition) is 0. The molecule has 14 rings (SSSR count). The maximum absolute atomic E-state index is 5.90. The molecule has 0 saturated carbocycles. The van der Waals surface area contributed by atoms with E-state index in [0.717, 1.165) is 95.3 Å². The van der Waals surface area contributed by atoms with E-state index in [-0.39, 0.29) is 28.4 Å². The molecule has 3 heterocycles. The maximum Gasteiger partial charge on any atom is 0.252 e. The third kappa shape index (κ3) is 11.3. The van der Waals surface area contributed by atoms with Crippen molar-refractivity contribution >= 4 is 57.2 Å². The molecule has 0 amide bonds. The van der Waals surface area contributed by atoms with Crippen LogP contribution in [-0.2, 0) is 21.7 Å². The van der Waals surface area contributed by atoms with Crippen LogP contribution < -0.4 is 26.2 Å². The predicted octanol–water partition coefficient (Wildman–Crippen LogP) is 21.4. The summed E-state index contributed by atoms with van der Waals surface area (Å²) in [6.07, 6.45) is 0. The van der Waals surface area contributed by atoms with Gasteiger partial charge >= 0.3 is 0 Å². The van der Waals surface area contributed by atoms with Gasteiger partial charge in [0.25, 0.3) is 6.71 Å². The van der Waals surface area contributed by atoms with Gasteiger partial charge in [0, 0.05) is 50.8 Å². The van der Waals surface area contributed by atoms with Crippen molar-refractivity contribution in [2.75, 3.05) is 9.80 Å².